The summed E-state index contributed by atoms with van der Waals surface area (Å²) in [7, 11) is 2.10. The third kappa shape index (κ3) is 3.96. The van der Waals surface area contributed by atoms with Crippen LogP contribution in [0.15, 0.2) is 85.1 Å². The van der Waals surface area contributed by atoms with E-state index in [0.717, 1.165) is 5.69 Å². The average molecular weight is 319 g/mol. The quantitative estimate of drug-likeness (QED) is 0.521. The summed E-state index contributed by atoms with van der Waals surface area (Å²) in [6.45, 7) is 0. The maximum atomic E-state index is 3.22. The van der Waals surface area contributed by atoms with Crippen molar-refractivity contribution in [1.82, 2.24) is 0 Å². The zero-order valence-electron chi connectivity index (χ0n) is 13.0. The summed E-state index contributed by atoms with van der Waals surface area (Å²) in [4.78, 5) is 0. The van der Waals surface area contributed by atoms with Crippen LogP contribution in [0.3, 0.4) is 0 Å². The molecule has 2 aromatic carbocycles. The van der Waals surface area contributed by atoms with Gasteiger partial charge in [0, 0.05) is 24.0 Å². The van der Waals surface area contributed by atoms with E-state index in [1.165, 1.54) is 15.2 Å². The number of benzene rings is 2. The Labute approximate surface area is 140 Å². The Morgan fingerprint density at radius 2 is 1.61 bits per heavy atom. The third-order valence-electron chi connectivity index (χ3n) is 3.46. The maximum Gasteiger partial charge on any atom is 0.262 e. The van der Waals surface area contributed by atoms with Crippen LogP contribution in [0, 0.1) is 0 Å². The second-order valence-electron chi connectivity index (χ2n) is 5.08. The third-order valence-corrected chi connectivity index (χ3v) is 4.65. The number of aryl methyl sites for hydroxylation is 1. The molecule has 23 heavy (non-hydrogen) atoms. The van der Waals surface area contributed by atoms with Crippen molar-refractivity contribution in [2.24, 2.45) is 7.05 Å². The second kappa shape index (κ2) is 7.56. The number of anilines is 1. The van der Waals surface area contributed by atoms with Gasteiger partial charge in [0.2, 0.25) is 5.52 Å². The van der Waals surface area contributed by atoms with E-state index in [-0.39, 0.29) is 0 Å². The van der Waals surface area contributed by atoms with Crippen LogP contribution in [0.2, 0.25) is 0 Å². The smallest absolute Gasteiger partial charge is 0.262 e. The number of fused-ring (bicyclic) bond motifs is 1. The number of nitrogens with one attached hydrogen (secondary N) is 1. The molecule has 0 aliphatic rings. The Morgan fingerprint density at radius 1 is 0.870 bits per heavy atom. The lowest BCUT2D eigenvalue weighted by Crippen LogP contribution is -2.28. The predicted molar refractivity (Wildman–Crippen MR) is 100 cm³/mol. The van der Waals surface area contributed by atoms with Crippen LogP contribution in [-0.2, 0) is 7.05 Å². The van der Waals surface area contributed by atoms with Gasteiger partial charge in [-0.1, -0.05) is 59.9 Å². The van der Waals surface area contributed by atoms with Gasteiger partial charge < -0.3 is 5.32 Å². The number of thiazole rings is 1. The molecule has 114 valence electrons. The number of allylic oxidation sites excluding steroid dienone is 4. The van der Waals surface area contributed by atoms with Crippen molar-refractivity contribution < 1.29 is 4.57 Å². The van der Waals surface area contributed by atoms with Crippen LogP contribution >= 0.6 is 11.3 Å². The molecule has 0 saturated carbocycles. The molecule has 0 radical (unpaired) electrons. The minimum Gasteiger partial charge on any atom is -0.362 e. The van der Waals surface area contributed by atoms with Crippen molar-refractivity contribution in [3.8, 4) is 0 Å². The van der Waals surface area contributed by atoms with Crippen molar-refractivity contribution in [2.75, 3.05) is 5.32 Å². The van der Waals surface area contributed by atoms with Crippen LogP contribution in [0.5, 0.6) is 0 Å². The summed E-state index contributed by atoms with van der Waals surface area (Å²) in [6.07, 6.45) is 12.2. The highest BCUT2D eigenvalue weighted by Gasteiger charge is 2.12. The number of rotatable bonds is 5. The van der Waals surface area contributed by atoms with Gasteiger partial charge in [-0.3, -0.25) is 0 Å². The first-order valence-corrected chi connectivity index (χ1v) is 8.35. The van der Waals surface area contributed by atoms with Crippen LogP contribution < -0.4 is 9.88 Å². The van der Waals surface area contributed by atoms with E-state index in [4.69, 9.17) is 0 Å². The van der Waals surface area contributed by atoms with Crippen molar-refractivity contribution in [3.63, 3.8) is 0 Å². The number of nitrogens with zero attached hydrogens (tertiary/aromatic N) is 1. The summed E-state index contributed by atoms with van der Waals surface area (Å²) < 4.78 is 3.53. The van der Waals surface area contributed by atoms with Crippen LogP contribution in [0.25, 0.3) is 16.3 Å². The highest BCUT2D eigenvalue weighted by Crippen LogP contribution is 2.20. The molecule has 1 aromatic heterocycles. The molecular formula is C20H19N2S+. The molecule has 1 heterocycles. The summed E-state index contributed by atoms with van der Waals surface area (Å²) >= 11 is 1.80. The van der Waals surface area contributed by atoms with E-state index in [1.54, 1.807) is 11.3 Å². The van der Waals surface area contributed by atoms with E-state index in [2.05, 4.69) is 53.3 Å². The fourth-order valence-corrected chi connectivity index (χ4v) is 3.33. The molecule has 3 heteroatoms. The van der Waals surface area contributed by atoms with E-state index < -0.39 is 0 Å². The Hall–Kier alpha value is -2.65. The highest BCUT2D eigenvalue weighted by molar-refractivity contribution is 7.18. The lowest BCUT2D eigenvalue weighted by molar-refractivity contribution is -0.642. The Bertz CT molecular complexity index is 858. The minimum absolute atomic E-state index is 1.09. The molecule has 0 atom stereocenters. The van der Waals surface area contributed by atoms with Gasteiger partial charge in [-0.2, -0.15) is 4.57 Å². The normalized spacial score (nSPS) is 12.0. The van der Waals surface area contributed by atoms with E-state index in [9.17, 15) is 0 Å². The molecule has 3 rings (SSSR count). The van der Waals surface area contributed by atoms with Crippen LogP contribution in [-0.4, -0.2) is 0 Å². The van der Waals surface area contributed by atoms with Gasteiger partial charge in [0.15, 0.2) is 0 Å². The Balaban J connectivity index is 1.58. The zero-order chi connectivity index (χ0) is 15.9. The largest absolute Gasteiger partial charge is 0.362 e. The van der Waals surface area contributed by atoms with Gasteiger partial charge in [0.1, 0.15) is 11.7 Å². The van der Waals surface area contributed by atoms with Gasteiger partial charge in [0.25, 0.3) is 5.01 Å². The maximum absolute atomic E-state index is 3.22. The predicted octanol–water partition coefficient (Wildman–Crippen LogP) is 4.92. The molecule has 2 nitrogen and oxygen atoms in total. The molecule has 3 aromatic rings. The van der Waals surface area contributed by atoms with Gasteiger partial charge in [0.05, 0.1) is 0 Å². The van der Waals surface area contributed by atoms with Crippen LogP contribution in [0.1, 0.15) is 5.01 Å². The Kier molecular flexibility index (Phi) is 5.02. The highest BCUT2D eigenvalue weighted by atomic mass is 32.1. The number of hydrogen-bond donors (Lipinski definition) is 1. The number of aromatic nitrogens is 1. The Morgan fingerprint density at radius 3 is 2.43 bits per heavy atom. The molecule has 0 spiro atoms. The first kappa shape index (κ1) is 15.3. The number of hydrogen-bond acceptors (Lipinski definition) is 2. The summed E-state index contributed by atoms with van der Waals surface area (Å²) in [5.74, 6) is 0. The monoisotopic (exact) mass is 319 g/mol. The van der Waals surface area contributed by atoms with E-state index in [1.807, 2.05) is 54.8 Å². The van der Waals surface area contributed by atoms with E-state index in [0.29, 0.717) is 0 Å². The second-order valence-corrected chi connectivity index (χ2v) is 6.14. The van der Waals surface area contributed by atoms with Crippen molar-refractivity contribution in [3.05, 3.63) is 90.1 Å². The zero-order valence-corrected chi connectivity index (χ0v) is 13.8. The van der Waals surface area contributed by atoms with Gasteiger partial charge in [-0.25, -0.2) is 0 Å². The van der Waals surface area contributed by atoms with Crippen molar-refractivity contribution in [1.29, 1.82) is 0 Å². The molecular weight excluding hydrogens is 300 g/mol. The molecule has 0 bridgehead atoms. The van der Waals surface area contributed by atoms with Crippen LogP contribution in [0.4, 0.5) is 5.69 Å². The van der Waals surface area contributed by atoms with E-state index >= 15 is 0 Å². The lowest BCUT2D eigenvalue weighted by Gasteiger charge is -1.97. The van der Waals surface area contributed by atoms with Crippen molar-refractivity contribution in [2.45, 2.75) is 0 Å². The van der Waals surface area contributed by atoms with Gasteiger partial charge >= 0.3 is 0 Å². The molecule has 0 fully saturated rings. The van der Waals surface area contributed by atoms with Gasteiger partial charge in [-0.05, 0) is 24.3 Å². The summed E-state index contributed by atoms with van der Waals surface area (Å²) in [5, 5.41) is 4.46. The molecule has 0 amide bonds. The molecule has 1 N–H and O–H groups in total. The minimum atomic E-state index is 1.09. The first-order valence-electron chi connectivity index (χ1n) is 7.53. The summed E-state index contributed by atoms with van der Waals surface area (Å²) in [5.41, 5.74) is 2.36. The average Bonchev–Trinajstić information content (AvgIpc) is 2.91. The first-order chi connectivity index (χ1) is 11.3. The summed E-state index contributed by atoms with van der Waals surface area (Å²) in [6, 6.07) is 18.6. The SMILES string of the molecule is C[n+]1c(C=CC=CC=CNc2ccccc2)sc2ccccc21. The number of para-hydroxylation sites is 2. The lowest BCUT2D eigenvalue weighted by atomic mass is 10.3. The fourth-order valence-electron chi connectivity index (χ4n) is 2.27. The molecule has 0 unspecified atom stereocenters. The molecule has 0 aliphatic heterocycles. The standard InChI is InChI=1S/C20H18N2S/c1-22-18-13-8-9-14-19(18)23-20(22)15-7-2-3-10-16-21-17-11-5-4-6-12-17/h2-16H,1H3/p+1. The molecule has 0 saturated heterocycles. The topological polar surface area (TPSA) is 15.9 Å². The fraction of sp³-hybridized carbons (Fsp3) is 0.0500. The van der Waals surface area contributed by atoms with Crippen molar-refractivity contribution >= 4 is 33.3 Å². The van der Waals surface area contributed by atoms with Gasteiger partial charge in [-0.15, -0.1) is 0 Å². The molecule has 0 aliphatic carbocycles.